The van der Waals surface area contributed by atoms with Gasteiger partial charge < -0.3 is 14.2 Å². The number of terminal acetylenes is 1. The number of hydrogen-bond donors (Lipinski definition) is 0. The topological polar surface area (TPSA) is 81.2 Å². The molecule has 1 fully saturated rings. The van der Waals surface area contributed by atoms with E-state index in [9.17, 15) is 0 Å². The SMILES string of the molecule is C#Cc1nn(C2CCCCO2)c2ccc(-c3cnn(C)c3OCCOCc3c(C)c(Br)nn3C)cc12.CC. The number of aryl methyl sites for hydroxylation is 2. The lowest BCUT2D eigenvalue weighted by atomic mass is 10.1. The number of rotatable bonds is 8. The molecule has 202 valence electrons. The standard InChI is InChI=1S/C26H29BrN6O3.C2H6/c1-5-21-19-14-18(9-10-22(19)33(29-21)24-8-6-7-11-35-24)20-15-28-32(4)26(20)36-13-12-34-16-23-17(2)25(27)30-31(23)3;1-2/h1,9-10,14-15,24H,6-8,11-13,16H2,2-4H3;1-2H3. The van der Waals surface area contributed by atoms with E-state index < -0.39 is 0 Å². The molecule has 1 saturated heterocycles. The van der Waals surface area contributed by atoms with Crippen LogP contribution in [0.2, 0.25) is 0 Å². The van der Waals surface area contributed by atoms with Crippen molar-refractivity contribution in [2.45, 2.75) is 52.9 Å². The van der Waals surface area contributed by atoms with E-state index in [1.54, 1.807) is 10.9 Å². The zero-order valence-electron chi connectivity index (χ0n) is 22.7. The number of halogens is 1. The zero-order valence-corrected chi connectivity index (χ0v) is 24.3. The smallest absolute Gasteiger partial charge is 0.219 e. The second-order valence-electron chi connectivity index (χ2n) is 8.86. The Balaban J connectivity index is 0.00000164. The molecule has 4 aromatic rings. The number of fused-ring (bicyclic) bond motifs is 1. The molecule has 0 bridgehead atoms. The van der Waals surface area contributed by atoms with Gasteiger partial charge in [-0.25, -0.2) is 9.36 Å². The molecule has 38 heavy (non-hydrogen) atoms. The van der Waals surface area contributed by atoms with Gasteiger partial charge in [-0.15, -0.1) is 6.42 Å². The Morgan fingerprint density at radius 1 is 1.16 bits per heavy atom. The highest BCUT2D eigenvalue weighted by Gasteiger charge is 2.22. The third-order valence-corrected chi connectivity index (χ3v) is 7.30. The van der Waals surface area contributed by atoms with Crippen molar-refractivity contribution in [1.82, 2.24) is 29.3 Å². The molecule has 0 amide bonds. The van der Waals surface area contributed by atoms with Gasteiger partial charge in [0.2, 0.25) is 5.88 Å². The molecule has 3 aromatic heterocycles. The molecular weight excluding hydrogens is 548 g/mol. The van der Waals surface area contributed by atoms with Gasteiger partial charge in [0.1, 0.15) is 16.9 Å². The lowest BCUT2D eigenvalue weighted by molar-refractivity contribution is -0.0367. The van der Waals surface area contributed by atoms with Gasteiger partial charge in [0.25, 0.3) is 0 Å². The average Bonchev–Trinajstić information content (AvgIpc) is 3.58. The average molecular weight is 584 g/mol. The summed E-state index contributed by atoms with van der Waals surface area (Å²) in [5, 5.41) is 14.4. The van der Waals surface area contributed by atoms with Crippen LogP contribution in [0.5, 0.6) is 5.88 Å². The highest BCUT2D eigenvalue weighted by atomic mass is 79.9. The third-order valence-electron chi connectivity index (χ3n) is 6.54. The molecule has 0 radical (unpaired) electrons. The van der Waals surface area contributed by atoms with Gasteiger partial charge in [-0.2, -0.15) is 15.3 Å². The van der Waals surface area contributed by atoms with Crippen LogP contribution in [0, 0.1) is 19.3 Å². The maximum Gasteiger partial charge on any atom is 0.219 e. The van der Waals surface area contributed by atoms with Crippen LogP contribution in [0.3, 0.4) is 0 Å². The van der Waals surface area contributed by atoms with Crippen molar-refractivity contribution in [1.29, 1.82) is 0 Å². The van der Waals surface area contributed by atoms with E-state index in [1.807, 2.05) is 56.4 Å². The minimum atomic E-state index is -0.0808. The second kappa shape index (κ2) is 12.6. The Morgan fingerprint density at radius 3 is 2.66 bits per heavy atom. The fourth-order valence-corrected chi connectivity index (χ4v) is 5.01. The molecule has 9 nitrogen and oxygen atoms in total. The number of hydrogen-bond acceptors (Lipinski definition) is 6. The van der Waals surface area contributed by atoms with Gasteiger partial charge in [0.05, 0.1) is 36.2 Å². The van der Waals surface area contributed by atoms with Crippen LogP contribution in [0.4, 0.5) is 0 Å². The van der Waals surface area contributed by atoms with Crippen molar-refractivity contribution in [3.05, 3.63) is 46.0 Å². The first-order valence-electron chi connectivity index (χ1n) is 13.0. The molecule has 10 heteroatoms. The number of aromatic nitrogens is 6. The molecule has 0 saturated carbocycles. The summed E-state index contributed by atoms with van der Waals surface area (Å²) in [5.74, 6) is 3.40. The quantitative estimate of drug-likeness (QED) is 0.200. The highest BCUT2D eigenvalue weighted by molar-refractivity contribution is 9.10. The molecule has 0 spiro atoms. The van der Waals surface area contributed by atoms with Gasteiger partial charge in [-0.3, -0.25) is 4.68 Å². The molecule has 0 N–H and O–H groups in total. The van der Waals surface area contributed by atoms with Crippen molar-refractivity contribution in [3.8, 4) is 29.4 Å². The van der Waals surface area contributed by atoms with E-state index in [2.05, 4.69) is 43.2 Å². The van der Waals surface area contributed by atoms with Crippen molar-refractivity contribution in [2.24, 2.45) is 14.1 Å². The first kappa shape index (κ1) is 27.9. The first-order chi connectivity index (χ1) is 18.5. The van der Waals surface area contributed by atoms with Crippen molar-refractivity contribution in [3.63, 3.8) is 0 Å². The van der Waals surface area contributed by atoms with Gasteiger partial charge >= 0.3 is 0 Å². The number of nitrogens with zero attached hydrogens (tertiary/aromatic N) is 6. The second-order valence-corrected chi connectivity index (χ2v) is 9.62. The van der Waals surface area contributed by atoms with Gasteiger partial charge in [0.15, 0.2) is 6.23 Å². The highest BCUT2D eigenvalue weighted by Crippen LogP contribution is 2.34. The summed E-state index contributed by atoms with van der Waals surface area (Å²) in [7, 11) is 3.77. The largest absolute Gasteiger partial charge is 0.475 e. The van der Waals surface area contributed by atoms with E-state index in [0.717, 1.165) is 63.8 Å². The maximum atomic E-state index is 6.10. The fraction of sp³-hybridized carbons (Fsp3) is 0.464. The van der Waals surface area contributed by atoms with E-state index in [-0.39, 0.29) is 6.23 Å². The summed E-state index contributed by atoms with van der Waals surface area (Å²) >= 11 is 3.45. The number of ether oxygens (including phenoxy) is 3. The maximum absolute atomic E-state index is 6.10. The predicted octanol–water partition coefficient (Wildman–Crippen LogP) is 5.54. The van der Waals surface area contributed by atoms with Crippen LogP contribution in [-0.2, 0) is 30.2 Å². The Morgan fingerprint density at radius 2 is 1.97 bits per heavy atom. The summed E-state index contributed by atoms with van der Waals surface area (Å²) in [6.45, 7) is 8.04. The Labute approximate surface area is 232 Å². The van der Waals surface area contributed by atoms with Crippen LogP contribution < -0.4 is 4.74 Å². The normalized spacial score (nSPS) is 15.2. The fourth-order valence-electron chi connectivity index (χ4n) is 4.54. The molecule has 1 unspecified atom stereocenters. The van der Waals surface area contributed by atoms with Gasteiger partial charge in [-0.05, 0) is 65.7 Å². The van der Waals surface area contributed by atoms with Crippen molar-refractivity contribution < 1.29 is 14.2 Å². The minimum Gasteiger partial charge on any atom is -0.475 e. The third kappa shape index (κ3) is 5.65. The van der Waals surface area contributed by atoms with Gasteiger partial charge in [0, 0.05) is 31.7 Å². The molecule has 4 heterocycles. The summed E-state index contributed by atoms with van der Waals surface area (Å²) < 4.78 is 24.2. The van der Waals surface area contributed by atoms with Crippen molar-refractivity contribution >= 4 is 26.8 Å². The van der Waals surface area contributed by atoms with E-state index in [1.165, 1.54) is 0 Å². The number of benzene rings is 1. The van der Waals surface area contributed by atoms with E-state index in [4.69, 9.17) is 20.6 Å². The van der Waals surface area contributed by atoms with Crippen LogP contribution in [0.1, 0.15) is 56.3 Å². The summed E-state index contributed by atoms with van der Waals surface area (Å²) in [4.78, 5) is 0. The molecule has 1 aliphatic heterocycles. The summed E-state index contributed by atoms with van der Waals surface area (Å²) in [6, 6.07) is 6.15. The summed E-state index contributed by atoms with van der Waals surface area (Å²) in [6.07, 6.45) is 10.7. The minimum absolute atomic E-state index is 0.0808. The molecule has 1 aromatic carbocycles. The zero-order chi connectivity index (χ0) is 27.2. The van der Waals surface area contributed by atoms with Crippen LogP contribution in [0.25, 0.3) is 22.0 Å². The van der Waals surface area contributed by atoms with Gasteiger partial charge in [-0.1, -0.05) is 19.9 Å². The Bertz CT molecular complexity index is 1420. The molecule has 1 atom stereocenters. The summed E-state index contributed by atoms with van der Waals surface area (Å²) in [5.41, 5.74) is 5.53. The van der Waals surface area contributed by atoms with E-state index >= 15 is 0 Å². The molecule has 0 aliphatic carbocycles. The van der Waals surface area contributed by atoms with Crippen LogP contribution in [0.15, 0.2) is 29.0 Å². The Hall–Kier alpha value is -3.13. The van der Waals surface area contributed by atoms with Crippen LogP contribution in [-0.4, -0.2) is 49.2 Å². The van der Waals surface area contributed by atoms with Crippen molar-refractivity contribution in [2.75, 3.05) is 19.8 Å². The predicted molar refractivity (Wildman–Crippen MR) is 151 cm³/mol. The molecular formula is C28H35BrN6O3. The lowest BCUT2D eigenvalue weighted by Gasteiger charge is -2.23. The Kier molecular flexibility index (Phi) is 9.26. The monoisotopic (exact) mass is 582 g/mol. The molecule has 1 aliphatic rings. The van der Waals surface area contributed by atoms with Crippen LogP contribution >= 0.6 is 15.9 Å². The first-order valence-corrected chi connectivity index (χ1v) is 13.8. The molecule has 5 rings (SSSR count). The lowest BCUT2D eigenvalue weighted by Crippen LogP contribution is -2.19. The van der Waals surface area contributed by atoms with E-state index in [0.29, 0.717) is 31.4 Å².